The Kier molecular flexibility index (Phi) is 8.73. The number of fused-ring (bicyclic) bond motifs is 1. The molecule has 2 aliphatic rings. The number of carbonyl (C=O) groups is 2. The molecule has 1 saturated heterocycles. The van der Waals surface area contributed by atoms with Gasteiger partial charge in [0.25, 0.3) is 0 Å². The molecule has 16 nitrogen and oxygen atoms in total. The maximum Gasteiger partial charge on any atom is 0.414 e. The van der Waals surface area contributed by atoms with Crippen LogP contribution in [0.25, 0.3) is 0 Å². The molecule has 0 bridgehead atoms. The number of amides is 2. The van der Waals surface area contributed by atoms with E-state index in [1.54, 1.807) is 16.8 Å². The number of nitrogens with one attached hydrogen (secondary N) is 2. The van der Waals surface area contributed by atoms with Gasteiger partial charge in [-0.15, -0.1) is 5.10 Å². The van der Waals surface area contributed by atoms with Crippen LogP contribution in [0.3, 0.4) is 0 Å². The van der Waals surface area contributed by atoms with Crippen molar-refractivity contribution in [3.8, 4) is 11.8 Å². The summed E-state index contributed by atoms with van der Waals surface area (Å²) in [4.78, 5) is 39.1. The van der Waals surface area contributed by atoms with Crippen molar-refractivity contribution in [1.82, 2.24) is 30.3 Å². The van der Waals surface area contributed by atoms with Crippen LogP contribution in [0, 0.1) is 15.9 Å². The Balaban J connectivity index is 1.06. The van der Waals surface area contributed by atoms with Crippen LogP contribution in [0.4, 0.5) is 20.7 Å². The quantitative estimate of drug-likeness (QED) is 0.172. The van der Waals surface area contributed by atoms with Crippen molar-refractivity contribution in [2.75, 3.05) is 24.6 Å². The van der Waals surface area contributed by atoms with Gasteiger partial charge in [0.1, 0.15) is 36.8 Å². The second-order valence-electron chi connectivity index (χ2n) is 10.7. The number of imidazole rings is 1. The summed E-state index contributed by atoms with van der Waals surface area (Å²) in [6.07, 6.45) is 1.05. The molecule has 2 amide bonds. The summed E-state index contributed by atoms with van der Waals surface area (Å²) in [5.41, 5.74) is 2.54. The predicted octanol–water partition coefficient (Wildman–Crippen LogP) is 2.85. The molecule has 0 saturated carbocycles. The lowest BCUT2D eigenvalue weighted by atomic mass is 10.0. The molecular weight excluding hydrogens is 607 g/mol. The van der Waals surface area contributed by atoms with Crippen molar-refractivity contribution in [1.29, 1.82) is 0 Å². The summed E-state index contributed by atoms with van der Waals surface area (Å²) in [5, 5.41) is 24.1. The maximum atomic E-state index is 15.3. The van der Waals surface area contributed by atoms with Gasteiger partial charge in [0.2, 0.25) is 5.91 Å². The zero-order valence-corrected chi connectivity index (χ0v) is 24.5. The number of hydrogen-bond acceptors (Lipinski definition) is 11. The summed E-state index contributed by atoms with van der Waals surface area (Å²) in [5.74, 6) is -1.24. The molecule has 2 N–H and O–H groups in total. The number of aromatic nitrogens is 5. The monoisotopic (exact) mass is 636 g/mol. The molecule has 1 unspecified atom stereocenters. The van der Waals surface area contributed by atoms with Crippen molar-refractivity contribution >= 4 is 23.5 Å². The molecule has 240 valence electrons. The summed E-state index contributed by atoms with van der Waals surface area (Å²) in [7, 11) is 0. The first-order valence-corrected chi connectivity index (χ1v) is 14.3. The summed E-state index contributed by atoms with van der Waals surface area (Å²) < 4.78 is 39.6. The number of ether oxygens (including phenoxy) is 4. The van der Waals surface area contributed by atoms with Crippen LogP contribution in [0.2, 0.25) is 0 Å². The minimum Gasteiger partial charge on any atom is -0.481 e. The Morgan fingerprint density at radius 1 is 1.24 bits per heavy atom. The van der Waals surface area contributed by atoms with Gasteiger partial charge in [0.15, 0.2) is 11.6 Å². The Labute approximate surface area is 260 Å². The molecule has 17 heteroatoms. The van der Waals surface area contributed by atoms with E-state index in [4.69, 9.17) is 18.9 Å². The molecular formula is C29H29FN8O8. The number of anilines is 1. The summed E-state index contributed by atoms with van der Waals surface area (Å²) >= 11 is 0. The van der Waals surface area contributed by atoms with Gasteiger partial charge in [-0.2, -0.15) is 0 Å². The molecule has 2 aliphatic heterocycles. The smallest absolute Gasteiger partial charge is 0.414 e. The number of aromatic amines is 1. The van der Waals surface area contributed by atoms with E-state index >= 15 is 4.39 Å². The Morgan fingerprint density at radius 3 is 2.76 bits per heavy atom. The first kappa shape index (κ1) is 30.4. The van der Waals surface area contributed by atoms with Crippen molar-refractivity contribution in [3.63, 3.8) is 0 Å². The molecule has 6 rings (SSSR count). The number of nitro groups is 1. The van der Waals surface area contributed by atoms with E-state index in [1.807, 2.05) is 24.3 Å². The highest BCUT2D eigenvalue weighted by Gasteiger charge is 2.33. The third kappa shape index (κ3) is 7.04. The molecule has 3 atom stereocenters. The number of nitrogens with zero attached hydrogens (tertiary/aromatic N) is 6. The molecule has 2 aromatic heterocycles. The molecule has 46 heavy (non-hydrogen) atoms. The Morgan fingerprint density at radius 2 is 2.04 bits per heavy atom. The summed E-state index contributed by atoms with van der Waals surface area (Å²) in [6.45, 7) is 2.58. The van der Waals surface area contributed by atoms with E-state index in [0.29, 0.717) is 31.0 Å². The molecule has 1 fully saturated rings. The van der Waals surface area contributed by atoms with Crippen molar-refractivity contribution in [2.45, 2.75) is 44.8 Å². The normalized spacial score (nSPS) is 18.0. The average molecular weight is 637 g/mol. The number of halogens is 1. The van der Waals surface area contributed by atoms with E-state index < -0.39 is 29.0 Å². The van der Waals surface area contributed by atoms with Gasteiger partial charge in [-0.3, -0.25) is 19.4 Å². The number of hydrogen-bond donors (Lipinski definition) is 2. The van der Waals surface area contributed by atoms with Gasteiger partial charge < -0.3 is 34.4 Å². The standard InChI is InChI=1S/C29H29FN8O8/c1-17(39)31-10-21-13-37(29(40)45-21)20-6-7-25(23(30)9-20)46-26(24-11-32-35-34-24)8-18-2-4-19(5-3-18)15-43-22-12-36-14-27(38(41)42)33-28(36)44-16-22/h2-7,9,11,14,21-22,26H,8,10,12-13,15-16H2,1H3,(H,31,39)(H,32,34,35)/t21?,22-,26-/m0/s1. The van der Waals surface area contributed by atoms with E-state index in [1.165, 1.54) is 30.2 Å². The van der Waals surface area contributed by atoms with Crippen LogP contribution in [0.1, 0.15) is 29.8 Å². The fourth-order valence-electron chi connectivity index (χ4n) is 5.04. The van der Waals surface area contributed by atoms with Gasteiger partial charge in [-0.05, 0) is 28.2 Å². The zero-order chi connectivity index (χ0) is 32.2. The average Bonchev–Trinajstić information content (AvgIpc) is 3.80. The van der Waals surface area contributed by atoms with Crippen molar-refractivity contribution in [3.05, 3.63) is 87.6 Å². The minimum absolute atomic E-state index is 0.0368. The molecule has 0 radical (unpaired) electrons. The lowest BCUT2D eigenvalue weighted by molar-refractivity contribution is -0.389. The van der Waals surface area contributed by atoms with Gasteiger partial charge >= 0.3 is 17.9 Å². The number of rotatable bonds is 12. The first-order chi connectivity index (χ1) is 22.2. The van der Waals surface area contributed by atoms with Crippen LogP contribution in [0.5, 0.6) is 11.8 Å². The topological polar surface area (TPSA) is 189 Å². The van der Waals surface area contributed by atoms with Gasteiger partial charge in [0, 0.05) is 30.6 Å². The fraction of sp³-hybridized carbons (Fsp3) is 0.345. The lowest BCUT2D eigenvalue weighted by Gasteiger charge is -2.22. The molecule has 2 aromatic carbocycles. The highest BCUT2D eigenvalue weighted by Crippen LogP contribution is 2.31. The first-order valence-electron chi connectivity index (χ1n) is 14.3. The van der Waals surface area contributed by atoms with E-state index in [9.17, 15) is 19.7 Å². The number of carbonyl (C=O) groups excluding carboxylic acids is 2. The molecule has 0 aliphatic carbocycles. The van der Waals surface area contributed by atoms with Crippen LogP contribution >= 0.6 is 0 Å². The molecule has 4 aromatic rings. The number of cyclic esters (lactones) is 1. The van der Waals surface area contributed by atoms with Crippen molar-refractivity contribution < 1.29 is 37.9 Å². The second kappa shape index (κ2) is 13.2. The highest BCUT2D eigenvalue weighted by atomic mass is 19.1. The minimum atomic E-state index is -0.687. The van der Waals surface area contributed by atoms with Crippen LogP contribution < -0.4 is 19.7 Å². The van der Waals surface area contributed by atoms with E-state index in [0.717, 1.165) is 11.1 Å². The van der Waals surface area contributed by atoms with E-state index in [-0.39, 0.29) is 49.3 Å². The van der Waals surface area contributed by atoms with Crippen LogP contribution in [0.15, 0.2) is 54.9 Å². The molecule has 4 heterocycles. The molecule has 0 spiro atoms. The largest absolute Gasteiger partial charge is 0.481 e. The highest BCUT2D eigenvalue weighted by molar-refractivity contribution is 5.90. The third-order valence-corrected chi connectivity index (χ3v) is 7.36. The number of benzene rings is 2. The Bertz CT molecular complexity index is 1710. The zero-order valence-electron chi connectivity index (χ0n) is 24.5. The van der Waals surface area contributed by atoms with Crippen LogP contribution in [-0.2, 0) is 33.8 Å². The lowest BCUT2D eigenvalue weighted by Crippen LogP contribution is -2.33. The van der Waals surface area contributed by atoms with Gasteiger partial charge in [0.05, 0.1) is 31.9 Å². The van der Waals surface area contributed by atoms with Crippen LogP contribution in [-0.4, -0.2) is 73.8 Å². The summed E-state index contributed by atoms with van der Waals surface area (Å²) in [6, 6.07) is 12.0. The maximum absolute atomic E-state index is 15.3. The van der Waals surface area contributed by atoms with Gasteiger partial charge in [-0.1, -0.05) is 29.5 Å². The second-order valence-corrected chi connectivity index (χ2v) is 10.7. The predicted molar refractivity (Wildman–Crippen MR) is 156 cm³/mol. The fourth-order valence-corrected chi connectivity index (χ4v) is 5.04. The van der Waals surface area contributed by atoms with Gasteiger partial charge in [-0.25, -0.2) is 9.18 Å². The third-order valence-electron chi connectivity index (χ3n) is 7.36. The Hall–Kier alpha value is -5.58. The number of H-pyrrole nitrogens is 1. The van der Waals surface area contributed by atoms with Crippen molar-refractivity contribution in [2.24, 2.45) is 0 Å². The SMILES string of the molecule is CC(=O)NCC1CN(c2ccc(O[C@@H](Cc3ccc(CO[C@@H]4COc5nc([N+](=O)[O-])cn5C4)cc3)c3c[nH]nn3)c(F)c2)C(=O)O1. The van der Waals surface area contributed by atoms with E-state index in [2.05, 4.69) is 25.7 Å².